The first-order valence-electron chi connectivity index (χ1n) is 10.7. The van der Waals surface area contributed by atoms with Crippen LogP contribution in [0.15, 0.2) is 23.8 Å². The minimum absolute atomic E-state index is 0.0494. The fraction of sp³-hybridized carbons (Fsp3) is 0.826. The van der Waals surface area contributed by atoms with Crippen LogP contribution in [0.2, 0.25) is 0 Å². The van der Waals surface area contributed by atoms with Gasteiger partial charge in [-0.1, -0.05) is 37.6 Å². The Balaban J connectivity index is 1.56. The molecular formula is C23H37NO. The topological polar surface area (TPSA) is 46.2 Å². The molecule has 2 heteroatoms. The highest BCUT2D eigenvalue weighted by molar-refractivity contribution is 5.26. The van der Waals surface area contributed by atoms with Crippen molar-refractivity contribution in [1.29, 1.82) is 0 Å². The third-order valence-electron chi connectivity index (χ3n) is 8.81. The first-order chi connectivity index (χ1) is 12.0. The molecule has 140 valence electrons. The van der Waals surface area contributed by atoms with Crippen LogP contribution in [-0.4, -0.2) is 17.8 Å². The van der Waals surface area contributed by atoms with E-state index in [1.54, 1.807) is 5.57 Å². The summed E-state index contributed by atoms with van der Waals surface area (Å²) >= 11 is 0. The molecule has 0 aliphatic heterocycles. The van der Waals surface area contributed by atoms with Crippen molar-refractivity contribution in [3.8, 4) is 0 Å². The average Bonchev–Trinajstić information content (AvgIpc) is 2.90. The second-order valence-corrected chi connectivity index (χ2v) is 9.87. The highest BCUT2D eigenvalue weighted by atomic mass is 16.3. The summed E-state index contributed by atoms with van der Waals surface area (Å²) in [6.45, 7) is 5.72. The lowest BCUT2D eigenvalue weighted by Crippen LogP contribution is -2.51. The normalized spacial score (nSPS) is 49.4. The summed E-state index contributed by atoms with van der Waals surface area (Å²) in [4.78, 5) is 0. The maximum absolute atomic E-state index is 10.6. The van der Waals surface area contributed by atoms with Crippen molar-refractivity contribution in [2.45, 2.75) is 77.7 Å². The van der Waals surface area contributed by atoms with Gasteiger partial charge < -0.3 is 10.8 Å². The summed E-state index contributed by atoms with van der Waals surface area (Å²) in [7, 11) is 0. The van der Waals surface area contributed by atoms with Crippen LogP contribution >= 0.6 is 0 Å². The summed E-state index contributed by atoms with van der Waals surface area (Å²) in [5, 5.41) is 10.6. The van der Waals surface area contributed by atoms with Crippen LogP contribution < -0.4 is 5.73 Å². The van der Waals surface area contributed by atoms with E-state index in [9.17, 15) is 5.11 Å². The third kappa shape index (κ3) is 2.75. The van der Waals surface area contributed by atoms with E-state index in [1.165, 1.54) is 44.9 Å². The lowest BCUT2D eigenvalue weighted by molar-refractivity contribution is -0.0742. The zero-order chi connectivity index (χ0) is 17.7. The van der Waals surface area contributed by atoms with Gasteiger partial charge in [0.15, 0.2) is 0 Å². The predicted octanol–water partition coefficient (Wildman–Crippen LogP) is 4.83. The van der Waals surface area contributed by atoms with Crippen LogP contribution in [0.4, 0.5) is 0 Å². The predicted molar refractivity (Wildman–Crippen MR) is 104 cm³/mol. The second kappa shape index (κ2) is 6.53. The van der Waals surface area contributed by atoms with E-state index in [0.717, 1.165) is 37.1 Å². The van der Waals surface area contributed by atoms with Crippen LogP contribution in [0.25, 0.3) is 0 Å². The molecule has 3 unspecified atom stereocenters. The molecule has 4 aliphatic rings. The molecule has 0 heterocycles. The maximum atomic E-state index is 10.6. The van der Waals surface area contributed by atoms with E-state index < -0.39 is 0 Å². The largest absolute Gasteiger partial charge is 0.393 e. The molecule has 0 radical (unpaired) electrons. The van der Waals surface area contributed by atoms with E-state index in [1.807, 2.05) is 0 Å². The lowest BCUT2D eigenvalue weighted by Gasteiger charge is -2.58. The fourth-order valence-corrected chi connectivity index (χ4v) is 7.25. The molecule has 3 saturated carbocycles. The smallest absolute Gasteiger partial charge is 0.0596 e. The van der Waals surface area contributed by atoms with Crippen molar-refractivity contribution >= 4 is 0 Å². The molecule has 0 spiro atoms. The summed E-state index contributed by atoms with van der Waals surface area (Å²) in [5.41, 5.74) is 8.01. The molecule has 4 rings (SSSR count). The van der Waals surface area contributed by atoms with Gasteiger partial charge in [-0.3, -0.25) is 0 Å². The van der Waals surface area contributed by atoms with Gasteiger partial charge in [-0.05, 0) is 98.8 Å². The van der Waals surface area contributed by atoms with Crippen molar-refractivity contribution in [2.24, 2.45) is 40.2 Å². The Hall–Kier alpha value is -0.600. The minimum Gasteiger partial charge on any atom is -0.393 e. The summed E-state index contributed by atoms with van der Waals surface area (Å²) in [5.74, 6) is 3.10. The van der Waals surface area contributed by atoms with E-state index in [0.29, 0.717) is 11.3 Å². The number of aliphatic hydroxyl groups excluding tert-OH is 1. The van der Waals surface area contributed by atoms with Crippen molar-refractivity contribution in [2.75, 3.05) is 6.54 Å². The quantitative estimate of drug-likeness (QED) is 0.721. The molecule has 7 atom stereocenters. The van der Waals surface area contributed by atoms with Gasteiger partial charge in [0.05, 0.1) is 6.10 Å². The Labute approximate surface area is 153 Å². The van der Waals surface area contributed by atoms with E-state index in [2.05, 4.69) is 32.1 Å². The minimum atomic E-state index is -0.0494. The van der Waals surface area contributed by atoms with Crippen LogP contribution in [0.1, 0.15) is 71.6 Å². The highest BCUT2D eigenvalue weighted by Crippen LogP contribution is 2.65. The first-order valence-corrected chi connectivity index (χ1v) is 10.7. The van der Waals surface area contributed by atoms with E-state index >= 15 is 0 Å². The standard InChI is InChI=1S/C23H37NO/c1-22-12-10-16(5-3-4-14-24)15-17(22)6-7-18-19-8-9-21(25)23(19,2)13-11-20(18)22/h3,5,15-16,18-21,25H,4,6-14,24H2,1-2H3/b5-3+/t16-,18?,19?,20?,21-,22-,23-/m0/s1. The second-order valence-electron chi connectivity index (χ2n) is 9.87. The molecule has 3 N–H and O–H groups in total. The van der Waals surface area contributed by atoms with Crippen molar-refractivity contribution in [3.63, 3.8) is 0 Å². The Kier molecular flexibility index (Phi) is 4.65. The number of nitrogens with two attached hydrogens (primary N) is 1. The van der Waals surface area contributed by atoms with Gasteiger partial charge in [-0.15, -0.1) is 0 Å². The van der Waals surface area contributed by atoms with Crippen LogP contribution in [0.3, 0.4) is 0 Å². The van der Waals surface area contributed by atoms with Crippen molar-refractivity contribution < 1.29 is 5.11 Å². The zero-order valence-electron chi connectivity index (χ0n) is 16.2. The summed E-state index contributed by atoms with van der Waals surface area (Å²) < 4.78 is 0. The van der Waals surface area contributed by atoms with Crippen molar-refractivity contribution in [3.05, 3.63) is 23.8 Å². The van der Waals surface area contributed by atoms with Crippen LogP contribution in [0, 0.1) is 34.5 Å². The SMILES string of the molecule is C[C@]12CC[C@H](/C=C/CCN)C=C1CCC1C2CC[C@@]2(C)C1CC[C@@H]2O. The number of rotatable bonds is 3. The fourth-order valence-electron chi connectivity index (χ4n) is 7.25. The van der Waals surface area contributed by atoms with Gasteiger partial charge in [0.2, 0.25) is 0 Å². The summed E-state index contributed by atoms with van der Waals surface area (Å²) in [6, 6.07) is 0. The Morgan fingerprint density at radius 1 is 1.12 bits per heavy atom. The molecule has 0 amide bonds. The molecule has 0 aromatic rings. The van der Waals surface area contributed by atoms with E-state index in [4.69, 9.17) is 5.73 Å². The maximum Gasteiger partial charge on any atom is 0.0596 e. The Morgan fingerprint density at radius 3 is 2.76 bits per heavy atom. The van der Waals surface area contributed by atoms with Crippen LogP contribution in [0.5, 0.6) is 0 Å². The lowest BCUT2D eigenvalue weighted by atomic mass is 9.47. The Bertz CT molecular complexity index is 566. The van der Waals surface area contributed by atoms with E-state index in [-0.39, 0.29) is 11.5 Å². The zero-order valence-corrected chi connectivity index (χ0v) is 16.2. The molecule has 0 aromatic carbocycles. The summed E-state index contributed by atoms with van der Waals surface area (Å²) in [6.07, 6.45) is 18.4. The number of allylic oxidation sites excluding steroid dienone is 3. The average molecular weight is 344 g/mol. The molecule has 2 nitrogen and oxygen atoms in total. The number of aliphatic hydroxyl groups is 1. The van der Waals surface area contributed by atoms with Gasteiger partial charge in [0.25, 0.3) is 0 Å². The molecule has 4 aliphatic carbocycles. The molecule has 0 bridgehead atoms. The number of hydrogen-bond acceptors (Lipinski definition) is 2. The first kappa shape index (κ1) is 17.8. The monoisotopic (exact) mass is 343 g/mol. The van der Waals surface area contributed by atoms with Gasteiger partial charge in [-0.25, -0.2) is 0 Å². The van der Waals surface area contributed by atoms with Crippen molar-refractivity contribution in [1.82, 2.24) is 0 Å². The molecule has 3 fully saturated rings. The number of hydrogen-bond donors (Lipinski definition) is 2. The van der Waals surface area contributed by atoms with Gasteiger partial charge >= 0.3 is 0 Å². The third-order valence-corrected chi connectivity index (χ3v) is 8.81. The Morgan fingerprint density at radius 2 is 1.96 bits per heavy atom. The van der Waals surface area contributed by atoms with Gasteiger partial charge in [0.1, 0.15) is 0 Å². The van der Waals surface area contributed by atoms with Gasteiger partial charge in [-0.2, -0.15) is 0 Å². The molecule has 0 aromatic heterocycles. The molecular weight excluding hydrogens is 306 g/mol. The molecule has 25 heavy (non-hydrogen) atoms. The van der Waals surface area contributed by atoms with Gasteiger partial charge in [0, 0.05) is 0 Å². The van der Waals surface area contributed by atoms with Crippen LogP contribution in [-0.2, 0) is 0 Å². The number of fused-ring (bicyclic) bond motifs is 5. The highest BCUT2D eigenvalue weighted by Gasteiger charge is 2.58. The molecule has 0 saturated heterocycles.